The maximum atomic E-state index is 14.0. The summed E-state index contributed by atoms with van der Waals surface area (Å²) in [5, 5.41) is 27.6. The number of carbonyl (C=O) groups is 1. The molecule has 5 rings (SSSR count). The summed E-state index contributed by atoms with van der Waals surface area (Å²) in [6.07, 6.45) is -1.87. The Morgan fingerprint density at radius 2 is 1.97 bits per heavy atom. The van der Waals surface area contributed by atoms with Crippen LogP contribution >= 0.6 is 0 Å². The molecule has 1 aromatic carbocycles. The number of likely N-dealkylation sites (tertiary alicyclic amines) is 1. The molecule has 3 aromatic heterocycles. The lowest BCUT2D eigenvalue weighted by molar-refractivity contribution is -0.144. The third kappa shape index (κ3) is 5.29. The zero-order valence-corrected chi connectivity index (χ0v) is 19.9. The molecule has 13 heteroatoms. The van der Waals surface area contributed by atoms with Gasteiger partial charge in [-0.3, -0.25) is 9.69 Å². The van der Waals surface area contributed by atoms with E-state index < -0.39 is 29.9 Å². The summed E-state index contributed by atoms with van der Waals surface area (Å²) in [4.78, 5) is 21.3. The smallest absolute Gasteiger partial charge is 0.434 e. The molecule has 4 heterocycles. The summed E-state index contributed by atoms with van der Waals surface area (Å²) in [6, 6.07) is 11.1. The second kappa shape index (κ2) is 10.3. The average molecular weight is 528 g/mol. The van der Waals surface area contributed by atoms with Crippen LogP contribution < -0.4 is 0 Å². The van der Waals surface area contributed by atoms with E-state index in [4.69, 9.17) is 4.52 Å². The minimum atomic E-state index is -4.77. The van der Waals surface area contributed by atoms with Crippen LogP contribution in [-0.4, -0.2) is 65.6 Å². The molecule has 0 aliphatic carbocycles. The van der Waals surface area contributed by atoms with Crippen LogP contribution in [0.2, 0.25) is 0 Å². The van der Waals surface area contributed by atoms with E-state index in [-0.39, 0.29) is 29.6 Å². The molecule has 2 atom stereocenters. The van der Waals surface area contributed by atoms with Crippen molar-refractivity contribution in [3.05, 3.63) is 66.1 Å². The molecule has 0 spiro atoms. The number of hydrogen-bond acceptors (Lipinski definition) is 8. The minimum absolute atomic E-state index is 0.0111. The Morgan fingerprint density at radius 1 is 1.18 bits per heavy atom. The van der Waals surface area contributed by atoms with E-state index in [1.54, 1.807) is 36.4 Å². The second-order valence-electron chi connectivity index (χ2n) is 9.00. The van der Waals surface area contributed by atoms with Crippen LogP contribution in [0.4, 0.5) is 13.2 Å². The number of aliphatic carboxylic acids is 1. The number of piperidine rings is 1. The largest absolute Gasteiger partial charge is 0.481 e. The normalized spacial score (nSPS) is 17.4. The van der Waals surface area contributed by atoms with Crippen LogP contribution in [0.1, 0.15) is 30.2 Å². The van der Waals surface area contributed by atoms with Gasteiger partial charge in [-0.1, -0.05) is 35.5 Å². The molecule has 38 heavy (non-hydrogen) atoms. The van der Waals surface area contributed by atoms with E-state index in [9.17, 15) is 28.2 Å². The van der Waals surface area contributed by atoms with Crippen molar-refractivity contribution in [1.82, 2.24) is 29.8 Å². The SMILES string of the molecule is O=C(O)[C@H]1CCCN(C[C@@H](O)c2ccc(-c3noc(-c4cnn(-c5ccccn5)c4C(F)(F)F)n3)cc2)C1. The number of carboxylic acid groups (broad SMARTS) is 1. The quantitative estimate of drug-likeness (QED) is 0.367. The Morgan fingerprint density at radius 3 is 2.66 bits per heavy atom. The number of aliphatic hydroxyl groups excluding tert-OH is 1. The Balaban J connectivity index is 1.34. The lowest BCUT2D eigenvalue weighted by atomic mass is 9.97. The number of β-amino-alcohol motifs (C(OH)–C–C–N with tert-alkyl or cyclic N) is 1. The average Bonchev–Trinajstić information content (AvgIpc) is 3.57. The number of halogens is 3. The molecule has 0 amide bonds. The van der Waals surface area contributed by atoms with Gasteiger partial charge >= 0.3 is 12.1 Å². The Hall–Kier alpha value is -4.10. The van der Waals surface area contributed by atoms with Gasteiger partial charge in [-0.15, -0.1) is 0 Å². The fourth-order valence-corrected chi connectivity index (χ4v) is 4.51. The highest BCUT2D eigenvalue weighted by molar-refractivity contribution is 5.70. The molecule has 4 aromatic rings. The summed E-state index contributed by atoms with van der Waals surface area (Å²) in [5.74, 6) is -1.57. The molecule has 10 nitrogen and oxygen atoms in total. The zero-order valence-electron chi connectivity index (χ0n) is 19.9. The third-order valence-corrected chi connectivity index (χ3v) is 6.40. The van der Waals surface area contributed by atoms with Gasteiger partial charge in [-0.2, -0.15) is 23.3 Å². The van der Waals surface area contributed by atoms with Crippen molar-refractivity contribution in [3.63, 3.8) is 0 Å². The maximum absolute atomic E-state index is 14.0. The molecule has 0 bridgehead atoms. The highest BCUT2D eigenvalue weighted by Crippen LogP contribution is 2.38. The number of aliphatic hydroxyl groups is 1. The number of carboxylic acids is 1. The first-order valence-electron chi connectivity index (χ1n) is 11.8. The van der Waals surface area contributed by atoms with Gasteiger partial charge in [0.2, 0.25) is 5.82 Å². The van der Waals surface area contributed by atoms with E-state index >= 15 is 0 Å². The van der Waals surface area contributed by atoms with Gasteiger partial charge in [0.15, 0.2) is 11.5 Å². The summed E-state index contributed by atoms with van der Waals surface area (Å²) >= 11 is 0. The van der Waals surface area contributed by atoms with Crippen molar-refractivity contribution in [2.45, 2.75) is 25.1 Å². The van der Waals surface area contributed by atoms with Crippen molar-refractivity contribution >= 4 is 5.97 Å². The summed E-state index contributed by atoms with van der Waals surface area (Å²) in [5.41, 5.74) is -0.390. The van der Waals surface area contributed by atoms with Gasteiger partial charge in [-0.05, 0) is 37.1 Å². The molecule has 1 fully saturated rings. The summed E-state index contributed by atoms with van der Waals surface area (Å²) in [7, 11) is 0. The molecule has 0 unspecified atom stereocenters. The van der Waals surface area contributed by atoms with Gasteiger partial charge in [-0.25, -0.2) is 9.67 Å². The van der Waals surface area contributed by atoms with Crippen LogP contribution in [0, 0.1) is 5.92 Å². The van der Waals surface area contributed by atoms with Gasteiger partial charge in [0.25, 0.3) is 5.89 Å². The first-order valence-corrected chi connectivity index (χ1v) is 11.8. The summed E-state index contributed by atoms with van der Waals surface area (Å²) < 4.78 is 47.7. The first-order chi connectivity index (χ1) is 18.2. The maximum Gasteiger partial charge on any atom is 0.434 e. The standard InChI is InChI=1S/C25H23F3N6O4/c26-25(27,28)21-18(12-30-34(21)20-5-1-2-10-29-20)23-31-22(32-38-23)16-8-6-15(7-9-16)19(35)14-33-11-3-4-17(13-33)24(36)37/h1-2,5-10,12,17,19,35H,3-4,11,13-14H2,(H,36,37)/t17-,19+/m0/s1. The second-order valence-corrected chi connectivity index (χ2v) is 9.00. The molecule has 1 aliphatic heterocycles. The van der Waals surface area contributed by atoms with Crippen LogP contribution in [0.25, 0.3) is 28.7 Å². The van der Waals surface area contributed by atoms with Crippen LogP contribution in [0.15, 0.2) is 59.4 Å². The molecule has 0 saturated carbocycles. The number of alkyl halides is 3. The number of hydrogen-bond donors (Lipinski definition) is 2. The molecule has 1 aliphatic rings. The fourth-order valence-electron chi connectivity index (χ4n) is 4.51. The van der Waals surface area contributed by atoms with Crippen LogP contribution in [-0.2, 0) is 11.0 Å². The fraction of sp³-hybridized carbons (Fsp3) is 0.320. The lowest BCUT2D eigenvalue weighted by Gasteiger charge is -2.32. The molecule has 0 radical (unpaired) electrons. The van der Waals surface area contributed by atoms with Crippen molar-refractivity contribution in [2.24, 2.45) is 5.92 Å². The van der Waals surface area contributed by atoms with Gasteiger partial charge in [0.1, 0.15) is 0 Å². The predicted molar refractivity (Wildman–Crippen MR) is 127 cm³/mol. The van der Waals surface area contributed by atoms with Gasteiger partial charge < -0.3 is 14.7 Å². The zero-order chi connectivity index (χ0) is 26.9. The lowest BCUT2D eigenvalue weighted by Crippen LogP contribution is -2.40. The van der Waals surface area contributed by atoms with Gasteiger partial charge in [0, 0.05) is 24.8 Å². The van der Waals surface area contributed by atoms with Crippen molar-refractivity contribution in [3.8, 4) is 28.7 Å². The topological polar surface area (TPSA) is 130 Å². The number of aromatic nitrogens is 5. The van der Waals surface area contributed by atoms with Crippen molar-refractivity contribution in [2.75, 3.05) is 19.6 Å². The minimum Gasteiger partial charge on any atom is -0.481 e. The monoisotopic (exact) mass is 528 g/mol. The molecule has 198 valence electrons. The highest BCUT2D eigenvalue weighted by Gasteiger charge is 2.41. The molecule has 2 N–H and O–H groups in total. The van der Waals surface area contributed by atoms with Gasteiger partial charge in [0.05, 0.1) is 23.8 Å². The van der Waals surface area contributed by atoms with E-state index in [2.05, 4.69) is 20.2 Å². The Bertz CT molecular complexity index is 1400. The molecular weight excluding hydrogens is 505 g/mol. The van der Waals surface area contributed by atoms with E-state index in [1.165, 1.54) is 12.3 Å². The summed E-state index contributed by atoms with van der Waals surface area (Å²) in [6.45, 7) is 1.38. The van der Waals surface area contributed by atoms with Crippen LogP contribution in [0.5, 0.6) is 0 Å². The number of benzene rings is 1. The number of pyridine rings is 1. The Kier molecular flexibility index (Phi) is 6.95. The van der Waals surface area contributed by atoms with E-state index in [1.807, 2.05) is 4.90 Å². The highest BCUT2D eigenvalue weighted by atomic mass is 19.4. The van der Waals surface area contributed by atoms with Crippen molar-refractivity contribution in [1.29, 1.82) is 0 Å². The molecular formula is C25H23F3N6O4. The van der Waals surface area contributed by atoms with Crippen LogP contribution in [0.3, 0.4) is 0 Å². The van der Waals surface area contributed by atoms with E-state index in [0.29, 0.717) is 35.3 Å². The number of nitrogens with zero attached hydrogens (tertiary/aromatic N) is 6. The van der Waals surface area contributed by atoms with E-state index in [0.717, 1.165) is 12.6 Å². The van der Waals surface area contributed by atoms with Crippen molar-refractivity contribution < 1.29 is 32.7 Å². The predicted octanol–water partition coefficient (Wildman–Crippen LogP) is 3.83. The number of rotatable bonds is 7. The first kappa shape index (κ1) is 25.5. The molecule has 1 saturated heterocycles. The Labute approximate surface area is 214 Å². The third-order valence-electron chi connectivity index (χ3n) is 6.40.